The fourth-order valence-electron chi connectivity index (χ4n) is 2.16. The Hall–Kier alpha value is -0.850. The minimum absolute atomic E-state index is 0.249. The van der Waals surface area contributed by atoms with Crippen LogP contribution in [-0.4, -0.2) is 77.1 Å². The van der Waals surface area contributed by atoms with Gasteiger partial charge in [0.15, 0.2) is 5.96 Å². The van der Waals surface area contributed by atoms with E-state index in [1.807, 2.05) is 0 Å². The van der Waals surface area contributed by atoms with Crippen LogP contribution in [0.2, 0.25) is 0 Å². The van der Waals surface area contributed by atoms with Gasteiger partial charge in [0.05, 0.1) is 13.2 Å². The number of methoxy groups -OCH3 is 2. The van der Waals surface area contributed by atoms with Crippen molar-refractivity contribution >= 4 is 5.96 Å². The molecule has 1 unspecified atom stereocenters. The van der Waals surface area contributed by atoms with Gasteiger partial charge in [0.2, 0.25) is 0 Å². The maximum absolute atomic E-state index is 5.17. The smallest absolute Gasteiger partial charge is 0.191 e. The fourth-order valence-corrected chi connectivity index (χ4v) is 2.16. The normalized spacial score (nSPS) is 17.4. The van der Waals surface area contributed by atoms with E-state index in [2.05, 4.69) is 27.4 Å². The second-order valence-corrected chi connectivity index (χ2v) is 5.26. The molecule has 1 rings (SSSR count). The van der Waals surface area contributed by atoms with Gasteiger partial charge in [-0.3, -0.25) is 9.89 Å². The number of rotatable bonds is 10. The van der Waals surface area contributed by atoms with E-state index in [0.29, 0.717) is 6.61 Å². The molecule has 0 aliphatic heterocycles. The molecule has 1 fully saturated rings. The number of hydrogen-bond donors (Lipinski definition) is 2. The Morgan fingerprint density at radius 3 is 2.60 bits per heavy atom. The van der Waals surface area contributed by atoms with Crippen LogP contribution in [0.25, 0.3) is 0 Å². The molecule has 0 spiro atoms. The van der Waals surface area contributed by atoms with Crippen molar-refractivity contribution in [1.82, 2.24) is 15.5 Å². The number of hydrogen-bond acceptors (Lipinski definition) is 4. The summed E-state index contributed by atoms with van der Waals surface area (Å²) >= 11 is 0. The van der Waals surface area contributed by atoms with Gasteiger partial charge in [0.25, 0.3) is 0 Å². The van der Waals surface area contributed by atoms with Gasteiger partial charge in [0.1, 0.15) is 0 Å². The minimum atomic E-state index is 0.249. The summed E-state index contributed by atoms with van der Waals surface area (Å²) in [6, 6.07) is 1.01. The molecule has 0 bridgehead atoms. The number of nitrogens with one attached hydrogen (secondary N) is 2. The van der Waals surface area contributed by atoms with E-state index in [4.69, 9.17) is 9.47 Å². The molecule has 0 aromatic carbocycles. The molecule has 6 nitrogen and oxygen atoms in total. The summed E-state index contributed by atoms with van der Waals surface area (Å²) in [5, 5.41) is 6.65. The largest absolute Gasteiger partial charge is 0.383 e. The second kappa shape index (κ2) is 9.96. The average molecular weight is 286 g/mol. The number of nitrogens with zero attached hydrogens (tertiary/aromatic N) is 2. The molecular weight excluding hydrogens is 256 g/mol. The summed E-state index contributed by atoms with van der Waals surface area (Å²) in [7, 11) is 5.25. The molecule has 0 amide bonds. The molecular formula is C14H30N4O2. The summed E-state index contributed by atoms with van der Waals surface area (Å²) in [6.07, 6.45) is 2.64. The third-order valence-corrected chi connectivity index (χ3v) is 3.36. The summed E-state index contributed by atoms with van der Waals surface area (Å²) in [5.74, 6) is 0.831. The van der Waals surface area contributed by atoms with Gasteiger partial charge in [-0.2, -0.15) is 0 Å². The highest BCUT2D eigenvalue weighted by molar-refractivity contribution is 5.79. The zero-order chi connectivity index (χ0) is 14.8. The van der Waals surface area contributed by atoms with Crippen LogP contribution in [0.3, 0.4) is 0 Å². The Morgan fingerprint density at radius 1 is 1.30 bits per heavy atom. The Bertz CT molecular complexity index is 282. The van der Waals surface area contributed by atoms with Crippen LogP contribution in [0.15, 0.2) is 4.99 Å². The van der Waals surface area contributed by atoms with Gasteiger partial charge in [0, 0.05) is 53.0 Å². The van der Waals surface area contributed by atoms with E-state index < -0.39 is 0 Å². The van der Waals surface area contributed by atoms with Crippen molar-refractivity contribution in [2.24, 2.45) is 4.99 Å². The van der Waals surface area contributed by atoms with E-state index in [1.165, 1.54) is 12.8 Å². The average Bonchev–Trinajstić information content (AvgIpc) is 3.26. The maximum Gasteiger partial charge on any atom is 0.191 e. The third kappa shape index (κ3) is 7.07. The summed E-state index contributed by atoms with van der Waals surface area (Å²) in [5.41, 5.74) is 0. The first kappa shape index (κ1) is 17.2. The van der Waals surface area contributed by atoms with Crippen LogP contribution in [0.4, 0.5) is 0 Å². The minimum Gasteiger partial charge on any atom is -0.383 e. The molecule has 0 saturated heterocycles. The van der Waals surface area contributed by atoms with Crippen LogP contribution in [-0.2, 0) is 9.47 Å². The predicted molar refractivity (Wildman–Crippen MR) is 82.3 cm³/mol. The second-order valence-electron chi connectivity index (χ2n) is 5.26. The van der Waals surface area contributed by atoms with Gasteiger partial charge in [-0.05, 0) is 19.8 Å². The summed E-state index contributed by atoms with van der Waals surface area (Å²) in [4.78, 5) is 6.71. The predicted octanol–water partition coefficient (Wildman–Crippen LogP) is 0.297. The quantitative estimate of drug-likeness (QED) is 0.447. The first-order valence-corrected chi connectivity index (χ1v) is 7.40. The van der Waals surface area contributed by atoms with Crippen LogP contribution in [0.5, 0.6) is 0 Å². The fraction of sp³-hybridized carbons (Fsp3) is 0.929. The molecule has 1 aliphatic rings. The van der Waals surface area contributed by atoms with Gasteiger partial charge < -0.3 is 20.1 Å². The van der Waals surface area contributed by atoms with Gasteiger partial charge in [-0.15, -0.1) is 0 Å². The highest BCUT2D eigenvalue weighted by atomic mass is 16.5. The topological polar surface area (TPSA) is 58.1 Å². The van der Waals surface area contributed by atoms with Crippen molar-refractivity contribution in [3.8, 4) is 0 Å². The summed E-state index contributed by atoms with van der Waals surface area (Å²) < 4.78 is 10.3. The van der Waals surface area contributed by atoms with Gasteiger partial charge >= 0.3 is 0 Å². The Balaban J connectivity index is 2.22. The molecule has 1 aliphatic carbocycles. The van der Waals surface area contributed by atoms with E-state index in [0.717, 1.165) is 38.2 Å². The first-order chi connectivity index (χ1) is 9.71. The van der Waals surface area contributed by atoms with Crippen molar-refractivity contribution in [2.45, 2.75) is 31.8 Å². The molecule has 1 atom stereocenters. The number of guanidine groups is 1. The van der Waals surface area contributed by atoms with Crippen molar-refractivity contribution < 1.29 is 9.47 Å². The molecule has 6 heteroatoms. The summed E-state index contributed by atoms with van der Waals surface area (Å²) in [6.45, 7) is 6.46. The van der Waals surface area contributed by atoms with Crippen LogP contribution in [0.1, 0.15) is 19.8 Å². The molecule has 118 valence electrons. The SMILES string of the molecule is CN=C(NCCN(CCOC)C1CC1)NC(C)COC. The molecule has 0 radical (unpaired) electrons. The lowest BCUT2D eigenvalue weighted by atomic mass is 10.4. The Morgan fingerprint density at radius 2 is 2.05 bits per heavy atom. The van der Waals surface area contributed by atoms with E-state index in [9.17, 15) is 0 Å². The highest BCUT2D eigenvalue weighted by Gasteiger charge is 2.28. The Labute approximate surface area is 122 Å². The van der Waals surface area contributed by atoms with E-state index >= 15 is 0 Å². The first-order valence-electron chi connectivity index (χ1n) is 7.40. The van der Waals surface area contributed by atoms with Crippen molar-refractivity contribution in [3.05, 3.63) is 0 Å². The van der Waals surface area contributed by atoms with E-state index in [1.54, 1.807) is 21.3 Å². The highest BCUT2D eigenvalue weighted by Crippen LogP contribution is 2.25. The van der Waals surface area contributed by atoms with Crippen LogP contribution in [0, 0.1) is 0 Å². The maximum atomic E-state index is 5.17. The van der Waals surface area contributed by atoms with Gasteiger partial charge in [-0.1, -0.05) is 0 Å². The lowest BCUT2D eigenvalue weighted by Gasteiger charge is -2.23. The standard InChI is InChI=1S/C14H30N4O2/c1-12(11-20-4)17-14(15-2)16-7-8-18(9-10-19-3)13-5-6-13/h12-13H,5-11H2,1-4H3,(H2,15,16,17). The molecule has 20 heavy (non-hydrogen) atoms. The van der Waals surface area contributed by atoms with Crippen molar-refractivity contribution in [3.63, 3.8) is 0 Å². The molecule has 0 aromatic rings. The van der Waals surface area contributed by atoms with Crippen LogP contribution < -0.4 is 10.6 Å². The number of aliphatic imine (C=N–C) groups is 1. The number of ether oxygens (including phenoxy) is 2. The molecule has 2 N–H and O–H groups in total. The van der Waals surface area contributed by atoms with E-state index in [-0.39, 0.29) is 6.04 Å². The Kier molecular flexibility index (Phi) is 8.57. The van der Waals surface area contributed by atoms with Crippen molar-refractivity contribution in [1.29, 1.82) is 0 Å². The third-order valence-electron chi connectivity index (χ3n) is 3.36. The lowest BCUT2D eigenvalue weighted by molar-refractivity contribution is 0.144. The zero-order valence-corrected chi connectivity index (χ0v) is 13.3. The monoisotopic (exact) mass is 286 g/mol. The zero-order valence-electron chi connectivity index (χ0n) is 13.3. The molecule has 1 saturated carbocycles. The lowest BCUT2D eigenvalue weighted by Crippen LogP contribution is -2.46. The molecule has 0 heterocycles. The van der Waals surface area contributed by atoms with Crippen molar-refractivity contribution in [2.75, 3.05) is 54.1 Å². The van der Waals surface area contributed by atoms with Gasteiger partial charge in [-0.25, -0.2) is 0 Å². The molecule has 0 aromatic heterocycles. The van der Waals surface area contributed by atoms with Crippen LogP contribution >= 0.6 is 0 Å².